The molecule has 2 aromatic rings. The second-order valence-electron chi connectivity index (χ2n) is 4.81. The first-order chi connectivity index (χ1) is 8.88. The molecule has 4 nitrogen and oxygen atoms in total. The molecule has 2 heterocycles. The van der Waals surface area contributed by atoms with Crippen LogP contribution in [0.3, 0.4) is 0 Å². The van der Waals surface area contributed by atoms with Crippen LogP contribution in [-0.2, 0) is 0 Å². The number of anilines is 1. The van der Waals surface area contributed by atoms with Crippen molar-refractivity contribution >= 4 is 16.9 Å². The van der Waals surface area contributed by atoms with Gasteiger partial charge in [-0.2, -0.15) is 0 Å². The summed E-state index contributed by atoms with van der Waals surface area (Å²) in [5.74, 6) is 0.823. The van der Waals surface area contributed by atoms with Gasteiger partial charge in [0.25, 0.3) is 0 Å². The standard InChI is InChI=1S/C14H18N4/c15-9-12-6-3-4-8-18(12)14-16-10-11-5-1-2-7-13(11)17-14/h1-2,5,7,10,12H,3-4,6,8-9,15H2. The van der Waals surface area contributed by atoms with E-state index in [2.05, 4.69) is 14.9 Å². The minimum Gasteiger partial charge on any atom is -0.337 e. The molecule has 2 N–H and O–H groups in total. The fourth-order valence-corrected chi connectivity index (χ4v) is 2.61. The molecule has 1 atom stereocenters. The third-order valence-corrected chi connectivity index (χ3v) is 3.63. The summed E-state index contributed by atoms with van der Waals surface area (Å²) in [5.41, 5.74) is 6.85. The predicted molar refractivity (Wildman–Crippen MR) is 73.6 cm³/mol. The highest BCUT2D eigenvalue weighted by atomic mass is 15.3. The van der Waals surface area contributed by atoms with E-state index in [1.54, 1.807) is 0 Å². The molecule has 4 heteroatoms. The van der Waals surface area contributed by atoms with E-state index in [9.17, 15) is 0 Å². The van der Waals surface area contributed by atoms with Gasteiger partial charge in [-0.1, -0.05) is 18.2 Å². The van der Waals surface area contributed by atoms with Crippen molar-refractivity contribution < 1.29 is 0 Å². The molecule has 1 aromatic heterocycles. The lowest BCUT2D eigenvalue weighted by molar-refractivity contribution is 0.459. The molecule has 1 fully saturated rings. The Labute approximate surface area is 107 Å². The number of aromatic nitrogens is 2. The van der Waals surface area contributed by atoms with Crippen LogP contribution in [0, 0.1) is 0 Å². The Morgan fingerprint density at radius 3 is 3.06 bits per heavy atom. The van der Waals surface area contributed by atoms with Gasteiger partial charge in [-0.15, -0.1) is 0 Å². The summed E-state index contributed by atoms with van der Waals surface area (Å²) in [6, 6.07) is 8.47. The Bertz CT molecular complexity index is 540. The molecule has 94 valence electrons. The molecule has 1 aromatic carbocycles. The predicted octanol–water partition coefficient (Wildman–Crippen LogP) is 1.95. The lowest BCUT2D eigenvalue weighted by Gasteiger charge is -2.35. The Hall–Kier alpha value is -1.68. The van der Waals surface area contributed by atoms with Crippen LogP contribution >= 0.6 is 0 Å². The number of hydrogen-bond acceptors (Lipinski definition) is 4. The first-order valence-corrected chi connectivity index (χ1v) is 6.57. The highest BCUT2D eigenvalue weighted by Gasteiger charge is 2.23. The molecule has 0 bridgehead atoms. The molecule has 1 saturated heterocycles. The second-order valence-corrected chi connectivity index (χ2v) is 4.81. The van der Waals surface area contributed by atoms with Gasteiger partial charge in [0.1, 0.15) is 0 Å². The summed E-state index contributed by atoms with van der Waals surface area (Å²) in [6.07, 6.45) is 5.51. The number of piperidine rings is 1. The van der Waals surface area contributed by atoms with Gasteiger partial charge in [-0.25, -0.2) is 9.97 Å². The van der Waals surface area contributed by atoms with Gasteiger partial charge in [-0.3, -0.25) is 0 Å². The number of benzene rings is 1. The molecule has 0 radical (unpaired) electrons. The zero-order valence-electron chi connectivity index (χ0n) is 10.4. The minimum absolute atomic E-state index is 0.389. The zero-order valence-corrected chi connectivity index (χ0v) is 10.4. The van der Waals surface area contributed by atoms with Crippen molar-refractivity contribution in [1.29, 1.82) is 0 Å². The quantitative estimate of drug-likeness (QED) is 0.874. The average Bonchev–Trinajstić information content (AvgIpc) is 2.46. The van der Waals surface area contributed by atoms with E-state index in [-0.39, 0.29) is 0 Å². The number of nitrogens with two attached hydrogens (primary N) is 1. The molecule has 0 aliphatic carbocycles. The van der Waals surface area contributed by atoms with E-state index < -0.39 is 0 Å². The maximum Gasteiger partial charge on any atom is 0.226 e. The van der Waals surface area contributed by atoms with E-state index in [4.69, 9.17) is 5.73 Å². The average molecular weight is 242 g/mol. The molecule has 1 aliphatic heterocycles. The van der Waals surface area contributed by atoms with Gasteiger partial charge in [0.15, 0.2) is 0 Å². The van der Waals surface area contributed by atoms with Crippen LogP contribution in [0.15, 0.2) is 30.5 Å². The first-order valence-electron chi connectivity index (χ1n) is 6.57. The van der Waals surface area contributed by atoms with Crippen LogP contribution in [0.25, 0.3) is 10.9 Å². The number of para-hydroxylation sites is 1. The molecule has 18 heavy (non-hydrogen) atoms. The van der Waals surface area contributed by atoms with Gasteiger partial charge in [0.05, 0.1) is 5.52 Å². The summed E-state index contributed by atoms with van der Waals surface area (Å²) in [7, 11) is 0. The maximum atomic E-state index is 5.85. The van der Waals surface area contributed by atoms with Crippen molar-refractivity contribution in [3.05, 3.63) is 30.5 Å². The number of nitrogens with zero attached hydrogens (tertiary/aromatic N) is 3. The van der Waals surface area contributed by atoms with Crippen molar-refractivity contribution in [2.75, 3.05) is 18.0 Å². The van der Waals surface area contributed by atoms with Gasteiger partial charge in [-0.05, 0) is 25.3 Å². The zero-order chi connectivity index (χ0) is 12.4. The highest BCUT2D eigenvalue weighted by Crippen LogP contribution is 2.22. The van der Waals surface area contributed by atoms with Crippen molar-refractivity contribution in [1.82, 2.24) is 9.97 Å². The van der Waals surface area contributed by atoms with E-state index in [0.717, 1.165) is 29.8 Å². The SMILES string of the molecule is NCC1CCCCN1c1ncc2ccccc2n1. The lowest BCUT2D eigenvalue weighted by atomic mass is 10.0. The van der Waals surface area contributed by atoms with Crippen LogP contribution in [0.2, 0.25) is 0 Å². The van der Waals surface area contributed by atoms with E-state index in [1.807, 2.05) is 30.5 Å². The number of hydrogen-bond donors (Lipinski definition) is 1. The maximum absolute atomic E-state index is 5.85. The lowest BCUT2D eigenvalue weighted by Crippen LogP contribution is -2.45. The van der Waals surface area contributed by atoms with Crippen molar-refractivity contribution in [3.8, 4) is 0 Å². The van der Waals surface area contributed by atoms with E-state index in [0.29, 0.717) is 12.6 Å². The Morgan fingerprint density at radius 2 is 2.17 bits per heavy atom. The van der Waals surface area contributed by atoms with Gasteiger partial charge < -0.3 is 10.6 Å². The van der Waals surface area contributed by atoms with Crippen molar-refractivity contribution in [3.63, 3.8) is 0 Å². The van der Waals surface area contributed by atoms with Crippen LogP contribution in [-0.4, -0.2) is 29.1 Å². The molecule has 3 rings (SSSR count). The van der Waals surface area contributed by atoms with E-state index >= 15 is 0 Å². The molecular weight excluding hydrogens is 224 g/mol. The number of fused-ring (bicyclic) bond motifs is 1. The Kier molecular flexibility index (Phi) is 3.11. The first kappa shape index (κ1) is 11.4. The van der Waals surface area contributed by atoms with Gasteiger partial charge in [0, 0.05) is 30.7 Å². The molecule has 1 aliphatic rings. The molecule has 0 amide bonds. The third kappa shape index (κ3) is 2.04. The topological polar surface area (TPSA) is 55.0 Å². The van der Waals surface area contributed by atoms with Crippen LogP contribution in [0.1, 0.15) is 19.3 Å². The van der Waals surface area contributed by atoms with Crippen LogP contribution in [0.4, 0.5) is 5.95 Å². The van der Waals surface area contributed by atoms with Gasteiger partial charge in [0.2, 0.25) is 5.95 Å². The Morgan fingerprint density at radius 1 is 1.28 bits per heavy atom. The highest BCUT2D eigenvalue weighted by molar-refractivity contribution is 5.78. The summed E-state index contributed by atoms with van der Waals surface area (Å²) in [6.45, 7) is 1.69. The molecule has 0 saturated carbocycles. The normalized spacial score (nSPS) is 20.3. The fourth-order valence-electron chi connectivity index (χ4n) is 2.61. The van der Waals surface area contributed by atoms with Crippen LogP contribution < -0.4 is 10.6 Å². The van der Waals surface area contributed by atoms with Gasteiger partial charge >= 0.3 is 0 Å². The Balaban J connectivity index is 1.97. The summed E-state index contributed by atoms with van der Waals surface area (Å²) >= 11 is 0. The number of rotatable bonds is 2. The monoisotopic (exact) mass is 242 g/mol. The van der Waals surface area contributed by atoms with E-state index in [1.165, 1.54) is 12.8 Å². The molecular formula is C14H18N4. The summed E-state index contributed by atoms with van der Waals surface area (Å²) in [4.78, 5) is 11.4. The molecule has 0 spiro atoms. The van der Waals surface area contributed by atoms with Crippen molar-refractivity contribution in [2.45, 2.75) is 25.3 Å². The smallest absolute Gasteiger partial charge is 0.226 e. The minimum atomic E-state index is 0.389. The summed E-state index contributed by atoms with van der Waals surface area (Å²) < 4.78 is 0. The third-order valence-electron chi connectivity index (χ3n) is 3.63. The fraction of sp³-hybridized carbons (Fsp3) is 0.429. The van der Waals surface area contributed by atoms with Crippen LogP contribution in [0.5, 0.6) is 0 Å². The van der Waals surface area contributed by atoms with Crippen molar-refractivity contribution in [2.24, 2.45) is 5.73 Å². The summed E-state index contributed by atoms with van der Waals surface area (Å²) in [5, 5.41) is 1.09. The largest absolute Gasteiger partial charge is 0.337 e. The second kappa shape index (κ2) is 4.90. The molecule has 1 unspecified atom stereocenters.